The van der Waals surface area contributed by atoms with Crippen LogP contribution in [0.4, 0.5) is 0 Å². The van der Waals surface area contributed by atoms with E-state index in [1.807, 2.05) is 18.2 Å². The first-order valence-electron chi connectivity index (χ1n) is 6.90. The van der Waals surface area contributed by atoms with E-state index in [4.69, 9.17) is 14.0 Å². The van der Waals surface area contributed by atoms with E-state index in [0.717, 1.165) is 45.0 Å². The number of hydrogen-bond acceptors (Lipinski definition) is 6. The van der Waals surface area contributed by atoms with Gasteiger partial charge in [0.1, 0.15) is 0 Å². The van der Waals surface area contributed by atoms with Crippen molar-refractivity contribution < 1.29 is 14.0 Å². The lowest BCUT2D eigenvalue weighted by atomic mass is 10.2. The van der Waals surface area contributed by atoms with Crippen molar-refractivity contribution in [1.82, 2.24) is 15.0 Å². The van der Waals surface area contributed by atoms with Gasteiger partial charge in [-0.3, -0.25) is 9.80 Å². The fourth-order valence-electron chi connectivity index (χ4n) is 2.46. The van der Waals surface area contributed by atoms with Crippen LogP contribution >= 0.6 is 0 Å². The predicted octanol–water partition coefficient (Wildman–Crippen LogP) is 1.04. The number of aliphatic hydroxyl groups excluding tert-OH is 1. The molecule has 1 fully saturated rings. The standard InChI is InChI=1S/C14H19N3O3/c18-8-7-16-3-5-17(6-4-16)11-12-10-14(20-15-12)13-2-1-9-19-13/h1-2,9-10,18H,3-8,11H2. The highest BCUT2D eigenvalue weighted by atomic mass is 16.5. The van der Waals surface area contributed by atoms with Crippen molar-refractivity contribution in [3.63, 3.8) is 0 Å². The quantitative estimate of drug-likeness (QED) is 0.881. The highest BCUT2D eigenvalue weighted by Gasteiger charge is 2.18. The summed E-state index contributed by atoms with van der Waals surface area (Å²) in [6.07, 6.45) is 1.62. The molecular formula is C14H19N3O3. The van der Waals surface area contributed by atoms with E-state index in [9.17, 15) is 0 Å². The average Bonchev–Trinajstić information content (AvgIpc) is 3.12. The molecule has 0 radical (unpaired) electrons. The van der Waals surface area contributed by atoms with Gasteiger partial charge in [0.2, 0.25) is 5.76 Å². The van der Waals surface area contributed by atoms with Crippen LogP contribution in [-0.2, 0) is 6.54 Å². The topological polar surface area (TPSA) is 65.9 Å². The maximum Gasteiger partial charge on any atom is 0.202 e. The SMILES string of the molecule is OCCN1CCN(Cc2cc(-c3ccco3)on2)CC1. The van der Waals surface area contributed by atoms with E-state index in [2.05, 4.69) is 15.0 Å². The maximum absolute atomic E-state index is 8.93. The van der Waals surface area contributed by atoms with Crippen molar-refractivity contribution in [3.05, 3.63) is 30.2 Å². The monoisotopic (exact) mass is 277 g/mol. The van der Waals surface area contributed by atoms with Gasteiger partial charge in [-0.1, -0.05) is 5.16 Å². The number of aliphatic hydroxyl groups is 1. The lowest BCUT2D eigenvalue weighted by molar-refractivity contribution is 0.107. The van der Waals surface area contributed by atoms with E-state index in [-0.39, 0.29) is 6.61 Å². The number of β-amino-alcohol motifs (C(OH)–C–C–N with tert-alkyl or cyclic N) is 1. The van der Waals surface area contributed by atoms with Gasteiger partial charge in [0.15, 0.2) is 5.76 Å². The summed E-state index contributed by atoms with van der Waals surface area (Å²) < 4.78 is 10.6. The third-order valence-electron chi connectivity index (χ3n) is 3.59. The zero-order valence-corrected chi connectivity index (χ0v) is 11.4. The first-order valence-corrected chi connectivity index (χ1v) is 6.90. The molecule has 0 bridgehead atoms. The zero-order chi connectivity index (χ0) is 13.8. The summed E-state index contributed by atoms with van der Waals surface area (Å²) in [7, 11) is 0. The summed E-state index contributed by atoms with van der Waals surface area (Å²) in [5, 5.41) is 13.0. The predicted molar refractivity (Wildman–Crippen MR) is 73.0 cm³/mol. The van der Waals surface area contributed by atoms with E-state index in [1.165, 1.54) is 0 Å². The molecule has 2 aromatic heterocycles. The summed E-state index contributed by atoms with van der Waals surface area (Å²) in [6.45, 7) is 5.74. The van der Waals surface area contributed by atoms with Crippen LogP contribution in [0.15, 0.2) is 33.4 Å². The Hall–Kier alpha value is -1.63. The third kappa shape index (κ3) is 3.09. The van der Waals surface area contributed by atoms with E-state index in [0.29, 0.717) is 11.5 Å². The molecule has 1 aliphatic heterocycles. The lowest BCUT2D eigenvalue weighted by Crippen LogP contribution is -2.46. The molecule has 108 valence electrons. The van der Waals surface area contributed by atoms with Gasteiger partial charge < -0.3 is 14.0 Å². The van der Waals surface area contributed by atoms with Gasteiger partial charge in [0.05, 0.1) is 18.6 Å². The normalized spacial score (nSPS) is 17.6. The van der Waals surface area contributed by atoms with Crippen LogP contribution in [-0.4, -0.2) is 59.4 Å². The minimum atomic E-state index is 0.232. The fraction of sp³-hybridized carbons (Fsp3) is 0.500. The minimum absolute atomic E-state index is 0.232. The summed E-state index contributed by atoms with van der Waals surface area (Å²) in [5.41, 5.74) is 0.923. The Labute approximate surface area is 117 Å². The summed E-state index contributed by atoms with van der Waals surface area (Å²) in [6, 6.07) is 5.62. The van der Waals surface area contributed by atoms with E-state index >= 15 is 0 Å². The number of furan rings is 1. The van der Waals surface area contributed by atoms with Crippen molar-refractivity contribution in [2.24, 2.45) is 0 Å². The Morgan fingerprint density at radius 2 is 1.95 bits per heavy atom. The fourth-order valence-corrected chi connectivity index (χ4v) is 2.46. The number of nitrogens with zero attached hydrogens (tertiary/aromatic N) is 3. The van der Waals surface area contributed by atoms with Crippen molar-refractivity contribution in [2.75, 3.05) is 39.3 Å². The molecule has 3 rings (SSSR count). The smallest absolute Gasteiger partial charge is 0.202 e. The van der Waals surface area contributed by atoms with Gasteiger partial charge in [-0.2, -0.15) is 0 Å². The third-order valence-corrected chi connectivity index (χ3v) is 3.59. The number of hydrogen-bond donors (Lipinski definition) is 1. The summed E-state index contributed by atoms with van der Waals surface area (Å²) >= 11 is 0. The maximum atomic E-state index is 8.93. The zero-order valence-electron chi connectivity index (χ0n) is 11.4. The molecule has 0 aliphatic carbocycles. The Balaban J connectivity index is 1.54. The van der Waals surface area contributed by atoms with Crippen molar-refractivity contribution in [3.8, 4) is 11.5 Å². The lowest BCUT2D eigenvalue weighted by Gasteiger charge is -2.33. The van der Waals surface area contributed by atoms with Crippen LogP contribution in [0.3, 0.4) is 0 Å². The molecule has 0 atom stereocenters. The number of piperazine rings is 1. The number of aromatic nitrogens is 1. The van der Waals surface area contributed by atoms with Gasteiger partial charge in [-0.05, 0) is 12.1 Å². The second kappa shape index (κ2) is 6.21. The Bertz CT molecular complexity index is 516. The minimum Gasteiger partial charge on any atom is -0.461 e. The molecule has 2 aromatic rings. The molecule has 0 amide bonds. The first-order chi connectivity index (χ1) is 9.85. The van der Waals surface area contributed by atoms with Crippen LogP contribution in [0.5, 0.6) is 0 Å². The van der Waals surface area contributed by atoms with Crippen LogP contribution in [0.2, 0.25) is 0 Å². The molecule has 20 heavy (non-hydrogen) atoms. The van der Waals surface area contributed by atoms with Crippen LogP contribution < -0.4 is 0 Å². The molecule has 6 heteroatoms. The Morgan fingerprint density at radius 1 is 1.15 bits per heavy atom. The van der Waals surface area contributed by atoms with Gasteiger partial charge in [-0.25, -0.2) is 0 Å². The molecule has 6 nitrogen and oxygen atoms in total. The highest BCUT2D eigenvalue weighted by molar-refractivity contribution is 5.49. The van der Waals surface area contributed by atoms with Gasteiger partial charge in [-0.15, -0.1) is 0 Å². The van der Waals surface area contributed by atoms with Crippen LogP contribution in [0.1, 0.15) is 5.69 Å². The van der Waals surface area contributed by atoms with Crippen molar-refractivity contribution in [1.29, 1.82) is 0 Å². The largest absolute Gasteiger partial charge is 0.461 e. The van der Waals surface area contributed by atoms with E-state index < -0.39 is 0 Å². The molecule has 3 heterocycles. The second-order valence-electron chi connectivity index (χ2n) is 5.00. The number of rotatable bonds is 5. The molecule has 0 aromatic carbocycles. The Kier molecular flexibility index (Phi) is 4.15. The summed E-state index contributed by atoms with van der Waals surface area (Å²) in [5.74, 6) is 1.38. The first kappa shape index (κ1) is 13.4. The molecular weight excluding hydrogens is 258 g/mol. The second-order valence-corrected chi connectivity index (χ2v) is 5.00. The van der Waals surface area contributed by atoms with Gasteiger partial charge in [0, 0.05) is 45.3 Å². The van der Waals surface area contributed by atoms with Gasteiger partial charge >= 0.3 is 0 Å². The molecule has 1 N–H and O–H groups in total. The van der Waals surface area contributed by atoms with E-state index in [1.54, 1.807) is 6.26 Å². The van der Waals surface area contributed by atoms with Crippen LogP contribution in [0, 0.1) is 0 Å². The molecule has 0 unspecified atom stereocenters. The van der Waals surface area contributed by atoms with Gasteiger partial charge in [0.25, 0.3) is 0 Å². The summed E-state index contributed by atoms with van der Waals surface area (Å²) in [4.78, 5) is 4.62. The molecule has 1 aliphatic rings. The molecule has 1 saturated heterocycles. The molecule has 0 saturated carbocycles. The average molecular weight is 277 g/mol. The highest BCUT2D eigenvalue weighted by Crippen LogP contribution is 2.21. The van der Waals surface area contributed by atoms with Crippen molar-refractivity contribution in [2.45, 2.75) is 6.54 Å². The van der Waals surface area contributed by atoms with Crippen molar-refractivity contribution >= 4 is 0 Å². The van der Waals surface area contributed by atoms with Crippen LogP contribution in [0.25, 0.3) is 11.5 Å². The Morgan fingerprint density at radius 3 is 2.65 bits per heavy atom. The molecule has 0 spiro atoms.